The maximum Gasteiger partial charge on any atom is 0.335 e. The molecule has 2 unspecified atom stereocenters. The number of nitrogens with zero attached hydrogens (tertiary/aromatic N) is 5. The molecule has 1 N–H and O–H groups in total. The van der Waals surface area contributed by atoms with E-state index in [4.69, 9.17) is 14.5 Å². The molecule has 4 aromatic rings. The number of aromatic nitrogens is 3. The summed E-state index contributed by atoms with van der Waals surface area (Å²) in [6, 6.07) is 14.1. The molecule has 3 aliphatic rings. The van der Waals surface area contributed by atoms with E-state index in [0.29, 0.717) is 30.8 Å². The van der Waals surface area contributed by atoms with Crippen molar-refractivity contribution < 1.29 is 28.2 Å². The predicted molar refractivity (Wildman–Crippen MR) is 150 cm³/mol. The Labute approximate surface area is 241 Å². The first-order chi connectivity index (χ1) is 20.4. The molecule has 3 atom stereocenters. The van der Waals surface area contributed by atoms with Gasteiger partial charge in [0.1, 0.15) is 29.9 Å². The highest BCUT2D eigenvalue weighted by Gasteiger charge is 2.41. The van der Waals surface area contributed by atoms with Crippen LogP contribution in [0.25, 0.3) is 11.0 Å². The van der Waals surface area contributed by atoms with Crippen molar-refractivity contribution in [3.05, 3.63) is 83.2 Å². The molecule has 42 heavy (non-hydrogen) atoms. The summed E-state index contributed by atoms with van der Waals surface area (Å²) >= 11 is 0. The van der Waals surface area contributed by atoms with E-state index >= 15 is 0 Å². The van der Waals surface area contributed by atoms with Gasteiger partial charge in [-0.15, -0.1) is 0 Å². The van der Waals surface area contributed by atoms with Crippen LogP contribution in [-0.4, -0.2) is 69.4 Å². The fourth-order valence-electron chi connectivity index (χ4n) is 6.32. The number of aromatic carboxylic acids is 1. The van der Waals surface area contributed by atoms with Crippen molar-refractivity contribution in [1.29, 1.82) is 0 Å². The Kier molecular flexibility index (Phi) is 6.99. The zero-order chi connectivity index (χ0) is 28.8. The van der Waals surface area contributed by atoms with Gasteiger partial charge in [0, 0.05) is 50.5 Å². The van der Waals surface area contributed by atoms with E-state index in [0.717, 1.165) is 67.9 Å². The van der Waals surface area contributed by atoms with Gasteiger partial charge in [-0.1, -0.05) is 6.07 Å². The van der Waals surface area contributed by atoms with E-state index in [2.05, 4.69) is 19.4 Å². The third-order valence-corrected chi connectivity index (χ3v) is 8.60. The lowest BCUT2D eigenvalue weighted by Crippen LogP contribution is -2.33. The molecule has 5 heterocycles. The molecular weight excluding hydrogens is 544 g/mol. The standard InChI is InChI=1S/C31H31F2N5O4/c32-23-6-4-20(25(33)11-23)18-42-30-3-1-2-28(35-30)37-14-21-12-36(13-22(21)15-37)17-29-34-26-7-5-19(31(39)40)10-27(26)38(29)16-24-8-9-41-24/h1-7,10-11,21-22,24H,8-9,12-18H2,(H,39,40)/t21?,22?,24-/m0/s1. The molecular formula is C31H31F2N5O4. The van der Waals surface area contributed by atoms with Gasteiger partial charge < -0.3 is 24.0 Å². The van der Waals surface area contributed by atoms with Gasteiger partial charge in [-0.3, -0.25) is 4.90 Å². The molecule has 3 aliphatic heterocycles. The minimum atomic E-state index is -0.948. The number of imidazole rings is 1. The van der Waals surface area contributed by atoms with Crippen LogP contribution in [0.2, 0.25) is 0 Å². The number of ether oxygens (including phenoxy) is 2. The Morgan fingerprint density at radius 3 is 2.55 bits per heavy atom. The average Bonchev–Trinajstić information content (AvgIpc) is 3.61. The molecule has 0 bridgehead atoms. The van der Waals surface area contributed by atoms with Gasteiger partial charge in [-0.25, -0.2) is 18.6 Å². The van der Waals surface area contributed by atoms with Crippen molar-refractivity contribution in [3.63, 3.8) is 0 Å². The van der Waals surface area contributed by atoms with Crippen LogP contribution >= 0.6 is 0 Å². The van der Waals surface area contributed by atoms with Crippen molar-refractivity contribution in [1.82, 2.24) is 19.4 Å². The number of benzene rings is 2. The molecule has 218 valence electrons. The van der Waals surface area contributed by atoms with Gasteiger partial charge in [-0.05, 0) is 54.7 Å². The smallest absolute Gasteiger partial charge is 0.335 e. The molecule has 0 aliphatic carbocycles. The van der Waals surface area contributed by atoms with Crippen molar-refractivity contribution in [2.75, 3.05) is 37.7 Å². The molecule has 0 saturated carbocycles. The molecule has 9 nitrogen and oxygen atoms in total. The predicted octanol–water partition coefficient (Wildman–Crippen LogP) is 4.34. The summed E-state index contributed by atoms with van der Waals surface area (Å²) in [7, 11) is 0. The Morgan fingerprint density at radius 2 is 1.83 bits per heavy atom. The number of fused-ring (bicyclic) bond motifs is 2. The van der Waals surface area contributed by atoms with Crippen LogP contribution in [0.15, 0.2) is 54.6 Å². The van der Waals surface area contributed by atoms with Gasteiger partial charge >= 0.3 is 5.97 Å². The second-order valence-corrected chi connectivity index (χ2v) is 11.4. The van der Waals surface area contributed by atoms with E-state index in [9.17, 15) is 18.7 Å². The number of likely N-dealkylation sites (tertiary alicyclic amines) is 1. The molecule has 0 amide bonds. The van der Waals surface area contributed by atoms with Crippen molar-refractivity contribution in [2.45, 2.75) is 32.2 Å². The molecule has 2 aromatic heterocycles. The third-order valence-electron chi connectivity index (χ3n) is 8.60. The molecule has 2 aromatic carbocycles. The van der Waals surface area contributed by atoms with Crippen molar-refractivity contribution in [3.8, 4) is 5.88 Å². The van der Waals surface area contributed by atoms with Crippen LogP contribution in [0.4, 0.5) is 14.6 Å². The average molecular weight is 576 g/mol. The first-order valence-corrected chi connectivity index (χ1v) is 14.2. The minimum Gasteiger partial charge on any atom is -0.478 e. The minimum absolute atomic E-state index is 0.0297. The molecule has 0 radical (unpaired) electrons. The van der Waals surface area contributed by atoms with E-state index in [1.54, 1.807) is 24.3 Å². The number of anilines is 1. The van der Waals surface area contributed by atoms with Crippen LogP contribution < -0.4 is 9.64 Å². The van der Waals surface area contributed by atoms with E-state index in [-0.39, 0.29) is 23.8 Å². The zero-order valence-corrected chi connectivity index (χ0v) is 23.0. The topological polar surface area (TPSA) is 93.0 Å². The fourth-order valence-corrected chi connectivity index (χ4v) is 6.32. The van der Waals surface area contributed by atoms with Crippen molar-refractivity contribution in [2.24, 2.45) is 11.8 Å². The van der Waals surface area contributed by atoms with Crippen LogP contribution in [-0.2, 0) is 24.4 Å². The van der Waals surface area contributed by atoms with Crippen molar-refractivity contribution >= 4 is 22.8 Å². The lowest BCUT2D eigenvalue weighted by molar-refractivity contribution is -0.0591. The van der Waals surface area contributed by atoms with Gasteiger partial charge in [0.15, 0.2) is 0 Å². The highest BCUT2D eigenvalue weighted by atomic mass is 19.1. The summed E-state index contributed by atoms with van der Waals surface area (Å²) in [5, 5.41) is 9.51. The number of rotatable bonds is 9. The van der Waals surface area contributed by atoms with Crippen LogP contribution in [0.1, 0.15) is 28.2 Å². The Morgan fingerprint density at radius 1 is 1.02 bits per heavy atom. The summed E-state index contributed by atoms with van der Waals surface area (Å²) in [5.41, 5.74) is 2.17. The maximum atomic E-state index is 14.0. The molecule has 7 rings (SSSR count). The van der Waals surface area contributed by atoms with Gasteiger partial charge in [0.25, 0.3) is 0 Å². The Bertz CT molecular complexity index is 1630. The number of carboxylic acids is 1. The summed E-state index contributed by atoms with van der Waals surface area (Å²) in [4.78, 5) is 25.9. The number of carbonyl (C=O) groups is 1. The SMILES string of the molecule is O=C(O)c1ccc2nc(CN3CC4CN(c5cccc(OCc6ccc(F)cc6F)n5)CC4C3)n(C[C@@H]3CCO3)c2c1. The van der Waals surface area contributed by atoms with Crippen LogP contribution in [0.5, 0.6) is 5.88 Å². The van der Waals surface area contributed by atoms with E-state index in [1.165, 1.54) is 12.1 Å². The number of hydrogen-bond acceptors (Lipinski definition) is 7. The second-order valence-electron chi connectivity index (χ2n) is 11.4. The molecule has 0 spiro atoms. The largest absolute Gasteiger partial charge is 0.478 e. The molecule has 3 fully saturated rings. The second kappa shape index (κ2) is 11.0. The maximum absolute atomic E-state index is 14.0. The number of pyridine rings is 1. The lowest BCUT2D eigenvalue weighted by atomic mass is 10.0. The molecule has 3 saturated heterocycles. The third kappa shape index (κ3) is 5.30. The highest BCUT2D eigenvalue weighted by Crippen LogP contribution is 2.35. The highest BCUT2D eigenvalue weighted by molar-refractivity contribution is 5.92. The summed E-state index contributed by atoms with van der Waals surface area (Å²) in [6.07, 6.45) is 1.12. The first-order valence-electron chi connectivity index (χ1n) is 14.2. The molecule has 11 heteroatoms. The summed E-state index contributed by atoms with van der Waals surface area (Å²) in [5.74, 6) is 0.915. The van der Waals surface area contributed by atoms with E-state index in [1.807, 2.05) is 12.1 Å². The summed E-state index contributed by atoms with van der Waals surface area (Å²) in [6.45, 7) is 5.71. The Balaban J connectivity index is 1.00. The normalized spacial score (nSPS) is 22.0. The van der Waals surface area contributed by atoms with Gasteiger partial charge in [0.2, 0.25) is 5.88 Å². The Hall–Kier alpha value is -4.09. The summed E-state index contributed by atoms with van der Waals surface area (Å²) < 4.78 is 40.8. The number of hydrogen-bond donors (Lipinski definition) is 1. The first kappa shape index (κ1) is 26.8. The monoisotopic (exact) mass is 575 g/mol. The van der Waals surface area contributed by atoms with Gasteiger partial charge in [0.05, 0.1) is 35.8 Å². The van der Waals surface area contributed by atoms with Gasteiger partial charge in [-0.2, -0.15) is 4.98 Å². The quantitative estimate of drug-likeness (QED) is 0.315. The number of carboxylic acid groups (broad SMARTS) is 1. The van der Waals surface area contributed by atoms with Crippen LogP contribution in [0, 0.1) is 23.5 Å². The van der Waals surface area contributed by atoms with E-state index < -0.39 is 17.6 Å². The lowest BCUT2D eigenvalue weighted by Gasteiger charge is -2.28. The zero-order valence-electron chi connectivity index (χ0n) is 23.0. The van der Waals surface area contributed by atoms with Crippen LogP contribution in [0.3, 0.4) is 0 Å². The number of halogens is 2. The fraction of sp³-hybridized carbons (Fsp3) is 0.387.